The SMILES string of the molecule is COc1ccc(Nc2nc(Nc3cc(C)ccc3C)nc(N3CCC(C)CC3)n2)cc1. The molecular weight excluding hydrogens is 388 g/mol. The zero-order valence-electron chi connectivity index (χ0n) is 18.6. The number of nitrogens with one attached hydrogen (secondary N) is 2. The van der Waals surface area contributed by atoms with Crippen molar-refractivity contribution < 1.29 is 4.74 Å². The third-order valence-corrected chi connectivity index (χ3v) is 5.68. The molecule has 1 aliphatic rings. The maximum atomic E-state index is 5.25. The molecule has 31 heavy (non-hydrogen) atoms. The Hall–Kier alpha value is -3.35. The van der Waals surface area contributed by atoms with Crippen molar-refractivity contribution in [2.45, 2.75) is 33.6 Å². The molecule has 0 amide bonds. The molecular formula is C24H30N6O. The Bertz CT molecular complexity index is 1030. The number of nitrogens with zero attached hydrogens (tertiary/aromatic N) is 4. The highest BCUT2D eigenvalue weighted by Crippen LogP contribution is 2.26. The van der Waals surface area contributed by atoms with E-state index in [1.165, 1.54) is 5.56 Å². The average molecular weight is 419 g/mol. The number of piperidine rings is 1. The molecule has 1 aliphatic heterocycles. The minimum absolute atomic E-state index is 0.515. The van der Waals surface area contributed by atoms with Crippen molar-refractivity contribution in [3.8, 4) is 5.75 Å². The number of hydrogen-bond acceptors (Lipinski definition) is 7. The molecule has 1 aromatic heterocycles. The molecule has 0 saturated carbocycles. The number of aromatic nitrogens is 3. The van der Waals surface area contributed by atoms with E-state index in [2.05, 4.69) is 59.5 Å². The van der Waals surface area contributed by atoms with Crippen LogP contribution in [0.1, 0.15) is 30.9 Å². The molecule has 0 spiro atoms. The number of rotatable bonds is 6. The van der Waals surface area contributed by atoms with E-state index in [-0.39, 0.29) is 0 Å². The highest BCUT2D eigenvalue weighted by molar-refractivity contribution is 5.62. The summed E-state index contributed by atoms with van der Waals surface area (Å²) in [6.45, 7) is 8.36. The van der Waals surface area contributed by atoms with Crippen LogP contribution in [-0.4, -0.2) is 35.2 Å². The first-order valence-electron chi connectivity index (χ1n) is 10.8. The van der Waals surface area contributed by atoms with Gasteiger partial charge in [0.2, 0.25) is 17.8 Å². The third kappa shape index (κ3) is 5.23. The Labute approximate surface area is 183 Å². The fourth-order valence-electron chi connectivity index (χ4n) is 3.62. The first kappa shape index (κ1) is 20.9. The number of aryl methyl sites for hydroxylation is 2. The van der Waals surface area contributed by atoms with Crippen molar-refractivity contribution in [3.05, 3.63) is 53.6 Å². The lowest BCUT2D eigenvalue weighted by molar-refractivity contribution is 0.415. The van der Waals surface area contributed by atoms with Crippen LogP contribution in [0.15, 0.2) is 42.5 Å². The van der Waals surface area contributed by atoms with Gasteiger partial charge in [0.25, 0.3) is 0 Å². The fraction of sp³-hybridized carbons (Fsp3) is 0.375. The standard InChI is InChI=1S/C24H30N6O/c1-16-11-13-30(14-12-16)24-28-22(25-19-7-9-20(31-4)10-8-19)27-23(29-24)26-21-15-17(2)5-6-18(21)3/h5-10,15-16H,11-14H2,1-4H3,(H2,25,26,27,28,29). The van der Waals surface area contributed by atoms with Gasteiger partial charge in [0.05, 0.1) is 7.11 Å². The van der Waals surface area contributed by atoms with Gasteiger partial charge in [0.1, 0.15) is 5.75 Å². The summed E-state index contributed by atoms with van der Waals surface area (Å²) in [5, 5.41) is 6.71. The number of anilines is 5. The minimum atomic E-state index is 0.515. The molecule has 1 fully saturated rings. The molecule has 0 bridgehead atoms. The van der Waals surface area contributed by atoms with Crippen LogP contribution in [0.3, 0.4) is 0 Å². The molecule has 0 unspecified atom stereocenters. The Morgan fingerprint density at radius 3 is 2.26 bits per heavy atom. The Kier molecular flexibility index (Phi) is 6.21. The maximum Gasteiger partial charge on any atom is 0.233 e. The van der Waals surface area contributed by atoms with Crippen molar-refractivity contribution in [1.29, 1.82) is 0 Å². The summed E-state index contributed by atoms with van der Waals surface area (Å²) >= 11 is 0. The van der Waals surface area contributed by atoms with Crippen LogP contribution < -0.4 is 20.3 Å². The summed E-state index contributed by atoms with van der Waals surface area (Å²) < 4.78 is 5.25. The second kappa shape index (κ2) is 9.20. The lowest BCUT2D eigenvalue weighted by atomic mass is 10.00. The van der Waals surface area contributed by atoms with Gasteiger partial charge in [-0.1, -0.05) is 19.1 Å². The van der Waals surface area contributed by atoms with Crippen LogP contribution in [0.5, 0.6) is 5.75 Å². The highest BCUT2D eigenvalue weighted by atomic mass is 16.5. The molecule has 1 saturated heterocycles. The molecule has 162 valence electrons. The van der Waals surface area contributed by atoms with Crippen LogP contribution >= 0.6 is 0 Å². The minimum Gasteiger partial charge on any atom is -0.497 e. The van der Waals surface area contributed by atoms with E-state index >= 15 is 0 Å². The van der Waals surface area contributed by atoms with Crippen molar-refractivity contribution >= 4 is 29.2 Å². The molecule has 7 heteroatoms. The Balaban J connectivity index is 1.64. The number of ether oxygens (including phenoxy) is 1. The summed E-state index contributed by atoms with van der Waals surface area (Å²) in [6.07, 6.45) is 2.29. The van der Waals surface area contributed by atoms with Crippen LogP contribution in [0.4, 0.5) is 29.2 Å². The monoisotopic (exact) mass is 418 g/mol. The van der Waals surface area contributed by atoms with E-state index in [1.54, 1.807) is 7.11 Å². The van der Waals surface area contributed by atoms with E-state index in [0.717, 1.165) is 54.5 Å². The lowest BCUT2D eigenvalue weighted by Gasteiger charge is -2.30. The van der Waals surface area contributed by atoms with Gasteiger partial charge in [-0.3, -0.25) is 0 Å². The van der Waals surface area contributed by atoms with Gasteiger partial charge in [-0.2, -0.15) is 15.0 Å². The van der Waals surface area contributed by atoms with Crippen molar-refractivity contribution in [2.75, 3.05) is 35.7 Å². The molecule has 7 nitrogen and oxygen atoms in total. The van der Waals surface area contributed by atoms with E-state index in [9.17, 15) is 0 Å². The second-order valence-corrected chi connectivity index (χ2v) is 8.25. The first-order chi connectivity index (χ1) is 15.0. The summed E-state index contributed by atoms with van der Waals surface area (Å²) in [7, 11) is 1.66. The van der Waals surface area contributed by atoms with E-state index in [4.69, 9.17) is 14.7 Å². The van der Waals surface area contributed by atoms with Gasteiger partial charge >= 0.3 is 0 Å². The molecule has 2 aromatic carbocycles. The van der Waals surface area contributed by atoms with Crippen LogP contribution in [0.25, 0.3) is 0 Å². The van der Waals surface area contributed by atoms with Crippen LogP contribution in [0, 0.1) is 19.8 Å². The largest absolute Gasteiger partial charge is 0.497 e. The third-order valence-electron chi connectivity index (χ3n) is 5.68. The predicted molar refractivity (Wildman–Crippen MR) is 126 cm³/mol. The summed E-state index contributed by atoms with van der Waals surface area (Å²) in [5.74, 6) is 3.30. The second-order valence-electron chi connectivity index (χ2n) is 8.25. The molecule has 3 aromatic rings. The maximum absolute atomic E-state index is 5.25. The smallest absolute Gasteiger partial charge is 0.233 e. The summed E-state index contributed by atoms with van der Waals surface area (Å²) in [6, 6.07) is 14.0. The highest BCUT2D eigenvalue weighted by Gasteiger charge is 2.20. The Morgan fingerprint density at radius 2 is 1.58 bits per heavy atom. The van der Waals surface area contributed by atoms with E-state index < -0.39 is 0 Å². The zero-order valence-corrected chi connectivity index (χ0v) is 18.6. The first-order valence-corrected chi connectivity index (χ1v) is 10.8. The average Bonchev–Trinajstić information content (AvgIpc) is 2.77. The molecule has 4 rings (SSSR count). The zero-order chi connectivity index (χ0) is 21.8. The van der Waals surface area contributed by atoms with Gasteiger partial charge in [-0.05, 0) is 74.1 Å². The lowest BCUT2D eigenvalue weighted by Crippen LogP contribution is -2.34. The van der Waals surface area contributed by atoms with E-state index in [1.807, 2.05) is 24.3 Å². The van der Waals surface area contributed by atoms with Crippen LogP contribution in [0.2, 0.25) is 0 Å². The van der Waals surface area contributed by atoms with Crippen molar-refractivity contribution in [3.63, 3.8) is 0 Å². The van der Waals surface area contributed by atoms with Crippen molar-refractivity contribution in [2.24, 2.45) is 5.92 Å². The number of hydrogen-bond donors (Lipinski definition) is 2. The number of methoxy groups -OCH3 is 1. The molecule has 2 heterocycles. The molecule has 0 atom stereocenters. The molecule has 2 N–H and O–H groups in total. The Morgan fingerprint density at radius 1 is 0.903 bits per heavy atom. The van der Waals surface area contributed by atoms with Gasteiger partial charge in [-0.25, -0.2) is 0 Å². The normalized spacial score (nSPS) is 14.4. The quantitative estimate of drug-likeness (QED) is 0.568. The summed E-state index contributed by atoms with van der Waals surface area (Å²) in [4.78, 5) is 16.4. The molecule has 0 aliphatic carbocycles. The topological polar surface area (TPSA) is 75.2 Å². The van der Waals surface area contributed by atoms with Gasteiger partial charge in [0.15, 0.2) is 0 Å². The van der Waals surface area contributed by atoms with E-state index in [0.29, 0.717) is 17.8 Å². The van der Waals surface area contributed by atoms with Gasteiger partial charge in [0, 0.05) is 24.5 Å². The van der Waals surface area contributed by atoms with Crippen molar-refractivity contribution in [1.82, 2.24) is 15.0 Å². The van der Waals surface area contributed by atoms with Gasteiger partial charge < -0.3 is 20.3 Å². The van der Waals surface area contributed by atoms with Crippen LogP contribution in [-0.2, 0) is 0 Å². The van der Waals surface area contributed by atoms with Gasteiger partial charge in [-0.15, -0.1) is 0 Å². The predicted octanol–water partition coefficient (Wildman–Crippen LogP) is 5.22. The fourth-order valence-corrected chi connectivity index (χ4v) is 3.62. The summed E-state index contributed by atoms with van der Waals surface area (Å²) in [5.41, 5.74) is 4.22. The number of benzene rings is 2. The molecule has 0 radical (unpaired) electrons.